The van der Waals surface area contributed by atoms with Crippen LogP contribution >= 0.6 is 15.9 Å². The van der Waals surface area contributed by atoms with Crippen molar-refractivity contribution >= 4 is 31.9 Å². The fourth-order valence-corrected chi connectivity index (χ4v) is 5.03. The molecule has 7 nitrogen and oxygen atoms in total. The van der Waals surface area contributed by atoms with E-state index in [2.05, 4.69) is 21.0 Å². The van der Waals surface area contributed by atoms with Crippen LogP contribution in [-0.4, -0.2) is 59.5 Å². The van der Waals surface area contributed by atoms with Crippen molar-refractivity contribution in [3.05, 3.63) is 76.8 Å². The molecule has 0 aliphatic carbocycles. The molecule has 1 aliphatic rings. The van der Waals surface area contributed by atoms with Crippen molar-refractivity contribution in [2.75, 3.05) is 26.2 Å². The highest BCUT2D eigenvalue weighted by Crippen LogP contribution is 2.20. The molecule has 0 unspecified atom stereocenters. The number of aromatic nitrogens is 2. The third kappa shape index (κ3) is 4.16. The zero-order valence-corrected chi connectivity index (χ0v) is 18.2. The van der Waals surface area contributed by atoms with E-state index in [1.165, 1.54) is 22.5 Å². The van der Waals surface area contributed by atoms with Crippen molar-refractivity contribution in [1.82, 2.24) is 19.0 Å². The van der Waals surface area contributed by atoms with Gasteiger partial charge in [0, 0.05) is 37.9 Å². The van der Waals surface area contributed by atoms with E-state index in [-0.39, 0.29) is 37.0 Å². The van der Waals surface area contributed by atoms with Crippen molar-refractivity contribution in [2.24, 2.45) is 0 Å². The third-order valence-corrected chi connectivity index (χ3v) is 7.19. The molecular weight excluding hydrogens is 475 g/mol. The van der Waals surface area contributed by atoms with Crippen LogP contribution in [0.15, 0.2) is 70.3 Å². The van der Waals surface area contributed by atoms with Crippen molar-refractivity contribution < 1.29 is 17.6 Å². The van der Waals surface area contributed by atoms with Crippen LogP contribution in [-0.2, 0) is 10.0 Å². The first kappa shape index (κ1) is 20.7. The maximum absolute atomic E-state index is 13.4. The van der Waals surface area contributed by atoms with Crippen LogP contribution in [0.2, 0.25) is 0 Å². The Hall–Kier alpha value is -2.56. The Morgan fingerprint density at radius 1 is 1.03 bits per heavy atom. The lowest BCUT2D eigenvalue weighted by Crippen LogP contribution is -2.50. The van der Waals surface area contributed by atoms with Gasteiger partial charge in [-0.3, -0.25) is 4.79 Å². The maximum atomic E-state index is 13.4. The number of rotatable bonds is 4. The van der Waals surface area contributed by atoms with E-state index in [9.17, 15) is 17.6 Å². The summed E-state index contributed by atoms with van der Waals surface area (Å²) >= 11 is 3.35. The van der Waals surface area contributed by atoms with Crippen molar-refractivity contribution in [1.29, 1.82) is 0 Å². The molecule has 1 amide bonds. The first-order chi connectivity index (χ1) is 14.3. The van der Waals surface area contributed by atoms with Crippen LogP contribution in [0.4, 0.5) is 4.39 Å². The molecule has 10 heteroatoms. The fraction of sp³-hybridized carbons (Fsp3) is 0.200. The van der Waals surface area contributed by atoms with Crippen molar-refractivity contribution in [2.45, 2.75) is 4.90 Å². The van der Waals surface area contributed by atoms with Crippen LogP contribution in [0.3, 0.4) is 0 Å². The van der Waals surface area contributed by atoms with Gasteiger partial charge in [0.2, 0.25) is 10.0 Å². The van der Waals surface area contributed by atoms with E-state index in [1.807, 2.05) is 6.20 Å². The van der Waals surface area contributed by atoms with Gasteiger partial charge in [-0.1, -0.05) is 6.07 Å². The largest absolute Gasteiger partial charge is 0.336 e. The minimum absolute atomic E-state index is 0.0804. The molecule has 2 heterocycles. The van der Waals surface area contributed by atoms with E-state index in [0.717, 1.165) is 16.2 Å². The average molecular weight is 493 g/mol. The molecule has 0 spiro atoms. The first-order valence-electron chi connectivity index (χ1n) is 9.20. The lowest BCUT2D eigenvalue weighted by molar-refractivity contribution is 0.0698. The average Bonchev–Trinajstić information content (AvgIpc) is 3.20. The molecule has 1 aromatic heterocycles. The summed E-state index contributed by atoms with van der Waals surface area (Å²) in [5.41, 5.74) is 1.34. The summed E-state index contributed by atoms with van der Waals surface area (Å²) in [6.45, 7) is 0.844. The van der Waals surface area contributed by atoms with Gasteiger partial charge in [0.15, 0.2) is 0 Å². The van der Waals surface area contributed by atoms with E-state index >= 15 is 0 Å². The monoisotopic (exact) mass is 492 g/mol. The number of benzene rings is 2. The number of hydrogen-bond acceptors (Lipinski definition) is 4. The Morgan fingerprint density at radius 3 is 2.33 bits per heavy atom. The van der Waals surface area contributed by atoms with Gasteiger partial charge in [0.1, 0.15) is 5.82 Å². The predicted octanol–water partition coefficient (Wildman–Crippen LogP) is 2.92. The third-order valence-electron chi connectivity index (χ3n) is 4.89. The second-order valence-electron chi connectivity index (χ2n) is 6.80. The van der Waals surface area contributed by atoms with Gasteiger partial charge in [-0.25, -0.2) is 17.5 Å². The van der Waals surface area contributed by atoms with Crippen LogP contribution in [0.25, 0.3) is 5.69 Å². The highest BCUT2D eigenvalue weighted by atomic mass is 79.9. The highest BCUT2D eigenvalue weighted by Gasteiger charge is 2.30. The van der Waals surface area contributed by atoms with Crippen molar-refractivity contribution in [3.8, 4) is 5.69 Å². The number of carbonyl (C=O) groups is 1. The normalized spacial score (nSPS) is 15.3. The summed E-state index contributed by atoms with van der Waals surface area (Å²) < 4.78 is 42.6. The first-order valence-corrected chi connectivity index (χ1v) is 11.4. The molecule has 4 rings (SSSR count). The summed E-state index contributed by atoms with van der Waals surface area (Å²) in [6, 6.07) is 12.0. The smallest absolute Gasteiger partial charge is 0.253 e. The minimum atomic E-state index is -3.79. The SMILES string of the molecule is O=C(c1ccc(-n2cc(Br)cn2)cc1)N1CCN(S(=O)(=O)c2cccc(F)c2)CC1. The molecule has 0 atom stereocenters. The molecule has 0 bridgehead atoms. The zero-order valence-electron chi connectivity index (χ0n) is 15.8. The van der Waals surface area contributed by atoms with Gasteiger partial charge in [-0.15, -0.1) is 0 Å². The Bertz CT molecular complexity index is 1170. The van der Waals surface area contributed by atoms with Crippen LogP contribution in [0.5, 0.6) is 0 Å². The van der Waals surface area contributed by atoms with Gasteiger partial charge < -0.3 is 4.90 Å². The van der Waals surface area contributed by atoms with E-state index in [1.54, 1.807) is 40.0 Å². The Kier molecular flexibility index (Phi) is 5.72. The zero-order chi connectivity index (χ0) is 21.3. The van der Waals surface area contributed by atoms with E-state index in [0.29, 0.717) is 5.56 Å². The number of nitrogens with zero attached hydrogens (tertiary/aromatic N) is 4. The molecule has 0 N–H and O–H groups in total. The van der Waals surface area contributed by atoms with Crippen LogP contribution < -0.4 is 0 Å². The lowest BCUT2D eigenvalue weighted by Gasteiger charge is -2.34. The standard InChI is InChI=1S/C20H18BrFN4O3S/c21-16-13-23-26(14-16)18-6-4-15(5-7-18)20(27)24-8-10-25(11-9-24)30(28,29)19-3-1-2-17(22)12-19/h1-7,12-14H,8-11H2. The number of hydrogen-bond donors (Lipinski definition) is 0. The van der Waals surface area contributed by atoms with Gasteiger partial charge in [0.25, 0.3) is 5.91 Å². The Balaban J connectivity index is 1.42. The minimum Gasteiger partial charge on any atom is -0.336 e. The summed E-state index contributed by atoms with van der Waals surface area (Å²) in [7, 11) is -3.79. The summed E-state index contributed by atoms with van der Waals surface area (Å²) in [5, 5.41) is 4.20. The maximum Gasteiger partial charge on any atom is 0.253 e. The van der Waals surface area contributed by atoms with Crippen LogP contribution in [0.1, 0.15) is 10.4 Å². The molecule has 1 fully saturated rings. The van der Waals surface area contributed by atoms with Gasteiger partial charge >= 0.3 is 0 Å². The number of sulfonamides is 1. The van der Waals surface area contributed by atoms with Gasteiger partial charge in [-0.05, 0) is 58.4 Å². The molecule has 0 radical (unpaired) electrons. The van der Waals surface area contributed by atoms with E-state index < -0.39 is 15.8 Å². The van der Waals surface area contributed by atoms with Crippen LogP contribution in [0, 0.1) is 5.82 Å². The quantitative estimate of drug-likeness (QED) is 0.561. The summed E-state index contributed by atoms with van der Waals surface area (Å²) in [6.07, 6.45) is 3.49. The molecule has 3 aromatic rings. The second kappa shape index (κ2) is 8.29. The fourth-order valence-electron chi connectivity index (χ4n) is 3.29. The molecule has 1 aliphatic heterocycles. The molecule has 156 valence electrons. The highest BCUT2D eigenvalue weighted by molar-refractivity contribution is 9.10. The van der Waals surface area contributed by atoms with Crippen molar-refractivity contribution in [3.63, 3.8) is 0 Å². The van der Waals surface area contributed by atoms with Gasteiger partial charge in [-0.2, -0.15) is 9.40 Å². The van der Waals surface area contributed by atoms with Gasteiger partial charge in [0.05, 0.1) is 21.3 Å². The number of carbonyl (C=O) groups excluding carboxylic acids is 1. The molecular formula is C20H18BrFN4O3S. The molecule has 30 heavy (non-hydrogen) atoms. The number of halogens is 2. The molecule has 2 aromatic carbocycles. The second-order valence-corrected chi connectivity index (χ2v) is 9.66. The number of piperazine rings is 1. The predicted molar refractivity (Wildman–Crippen MR) is 112 cm³/mol. The van der Waals surface area contributed by atoms with E-state index in [4.69, 9.17) is 0 Å². The Labute approximate surface area is 181 Å². The lowest BCUT2D eigenvalue weighted by atomic mass is 10.1. The topological polar surface area (TPSA) is 75.5 Å². The summed E-state index contributed by atoms with van der Waals surface area (Å²) in [4.78, 5) is 14.3. The molecule has 0 saturated carbocycles. The Morgan fingerprint density at radius 2 is 1.73 bits per heavy atom. The summed E-state index contributed by atoms with van der Waals surface area (Å²) in [5.74, 6) is -0.762. The molecule has 1 saturated heterocycles. The number of amides is 1.